The lowest BCUT2D eigenvalue weighted by Gasteiger charge is -2.04. The van der Waals surface area contributed by atoms with Crippen molar-refractivity contribution in [3.8, 4) is 11.1 Å². The van der Waals surface area contributed by atoms with Gasteiger partial charge in [0.15, 0.2) is 0 Å². The van der Waals surface area contributed by atoms with Crippen molar-refractivity contribution in [3.05, 3.63) is 60.2 Å². The van der Waals surface area contributed by atoms with Crippen LogP contribution in [0.4, 0.5) is 0 Å². The largest absolute Gasteiger partial charge is 0.331 e. The van der Waals surface area contributed by atoms with Gasteiger partial charge in [0.05, 0.1) is 6.21 Å². The molecule has 0 atom stereocenters. The van der Waals surface area contributed by atoms with Crippen LogP contribution in [0.25, 0.3) is 11.1 Å². The first-order valence-electron chi connectivity index (χ1n) is 5.63. The standard InChI is InChI=1S/C15H13NO2/c1-12(17)18-16-11-14-9-5-6-10-15(14)13-7-3-2-4-8-13/h2-11H,1H3/b16-11+. The average Bonchev–Trinajstić information content (AvgIpc) is 2.40. The van der Waals surface area contributed by atoms with E-state index in [1.807, 2.05) is 54.6 Å². The second-order valence-corrected chi connectivity index (χ2v) is 3.77. The molecule has 0 fully saturated rings. The van der Waals surface area contributed by atoms with Gasteiger partial charge in [-0.15, -0.1) is 0 Å². The minimum absolute atomic E-state index is 0.427. The summed E-state index contributed by atoms with van der Waals surface area (Å²) in [5, 5.41) is 3.65. The van der Waals surface area contributed by atoms with E-state index in [-0.39, 0.29) is 0 Å². The first-order valence-corrected chi connectivity index (χ1v) is 5.63. The van der Waals surface area contributed by atoms with Gasteiger partial charge < -0.3 is 4.84 Å². The van der Waals surface area contributed by atoms with Crippen molar-refractivity contribution in [1.82, 2.24) is 0 Å². The van der Waals surface area contributed by atoms with E-state index in [1.54, 1.807) is 6.21 Å². The molecule has 0 heterocycles. The summed E-state index contributed by atoms with van der Waals surface area (Å²) in [6.07, 6.45) is 1.55. The van der Waals surface area contributed by atoms with Crippen LogP contribution in [-0.4, -0.2) is 12.2 Å². The van der Waals surface area contributed by atoms with E-state index >= 15 is 0 Å². The topological polar surface area (TPSA) is 38.7 Å². The molecule has 0 aliphatic rings. The molecule has 3 heteroatoms. The minimum atomic E-state index is -0.427. The van der Waals surface area contributed by atoms with Gasteiger partial charge in [-0.05, 0) is 11.1 Å². The summed E-state index contributed by atoms with van der Waals surface area (Å²) in [4.78, 5) is 15.2. The normalized spacial score (nSPS) is 10.5. The monoisotopic (exact) mass is 239 g/mol. The fourth-order valence-electron chi connectivity index (χ4n) is 1.65. The third kappa shape index (κ3) is 3.04. The van der Waals surface area contributed by atoms with Crippen LogP contribution in [0.3, 0.4) is 0 Å². The van der Waals surface area contributed by atoms with Crippen LogP contribution in [-0.2, 0) is 9.63 Å². The Morgan fingerprint density at radius 1 is 1.06 bits per heavy atom. The van der Waals surface area contributed by atoms with Crippen LogP contribution in [0.2, 0.25) is 0 Å². The zero-order valence-electron chi connectivity index (χ0n) is 10.0. The SMILES string of the molecule is CC(=O)O/N=C/c1ccccc1-c1ccccc1. The van der Waals surface area contributed by atoms with Crippen molar-refractivity contribution in [2.24, 2.45) is 5.16 Å². The molecule has 2 rings (SSSR count). The fraction of sp³-hybridized carbons (Fsp3) is 0.0667. The number of hydrogen-bond donors (Lipinski definition) is 0. The molecule has 0 unspecified atom stereocenters. The van der Waals surface area contributed by atoms with Crippen LogP contribution < -0.4 is 0 Å². The van der Waals surface area contributed by atoms with Gasteiger partial charge >= 0.3 is 5.97 Å². The van der Waals surface area contributed by atoms with Crippen molar-refractivity contribution in [2.75, 3.05) is 0 Å². The minimum Gasteiger partial charge on any atom is -0.319 e. The van der Waals surface area contributed by atoms with Crippen molar-refractivity contribution in [2.45, 2.75) is 6.92 Å². The molecular weight excluding hydrogens is 226 g/mol. The molecule has 0 saturated carbocycles. The summed E-state index contributed by atoms with van der Waals surface area (Å²) in [6, 6.07) is 17.8. The summed E-state index contributed by atoms with van der Waals surface area (Å²) in [5.41, 5.74) is 3.06. The number of carbonyl (C=O) groups is 1. The van der Waals surface area contributed by atoms with Gasteiger partial charge in [-0.25, -0.2) is 4.79 Å². The molecule has 0 aliphatic heterocycles. The number of nitrogens with zero attached hydrogens (tertiary/aromatic N) is 1. The first kappa shape index (κ1) is 12.0. The lowest BCUT2D eigenvalue weighted by molar-refractivity contribution is -0.140. The van der Waals surface area contributed by atoms with Gasteiger partial charge in [0, 0.05) is 12.5 Å². The number of rotatable bonds is 3. The molecule has 0 N–H and O–H groups in total. The predicted molar refractivity (Wildman–Crippen MR) is 71.2 cm³/mol. The number of hydrogen-bond acceptors (Lipinski definition) is 3. The molecule has 2 aromatic rings. The molecule has 0 saturated heterocycles. The highest BCUT2D eigenvalue weighted by atomic mass is 16.7. The molecule has 90 valence electrons. The maximum absolute atomic E-state index is 10.7. The summed E-state index contributed by atoms with van der Waals surface area (Å²) in [6.45, 7) is 1.32. The highest BCUT2D eigenvalue weighted by Gasteiger charge is 2.01. The van der Waals surface area contributed by atoms with E-state index in [4.69, 9.17) is 0 Å². The van der Waals surface area contributed by atoms with Gasteiger partial charge in [0.25, 0.3) is 0 Å². The van der Waals surface area contributed by atoms with E-state index in [0.29, 0.717) is 0 Å². The Morgan fingerprint density at radius 2 is 1.72 bits per heavy atom. The Bertz CT molecular complexity index is 562. The van der Waals surface area contributed by atoms with Gasteiger partial charge in [-0.1, -0.05) is 59.8 Å². The number of carbonyl (C=O) groups excluding carboxylic acids is 1. The van der Waals surface area contributed by atoms with Crippen LogP contribution in [0.15, 0.2) is 59.8 Å². The molecule has 0 aromatic heterocycles. The van der Waals surface area contributed by atoms with Crippen molar-refractivity contribution >= 4 is 12.2 Å². The molecule has 0 spiro atoms. The maximum atomic E-state index is 10.7. The molecule has 0 radical (unpaired) electrons. The highest BCUT2D eigenvalue weighted by molar-refractivity contribution is 5.90. The van der Waals surface area contributed by atoms with Gasteiger partial charge in [-0.3, -0.25) is 0 Å². The Hall–Kier alpha value is -2.42. The van der Waals surface area contributed by atoms with E-state index in [1.165, 1.54) is 6.92 Å². The molecule has 2 aromatic carbocycles. The van der Waals surface area contributed by atoms with Crippen molar-refractivity contribution in [3.63, 3.8) is 0 Å². The summed E-state index contributed by atoms with van der Waals surface area (Å²) < 4.78 is 0. The quantitative estimate of drug-likeness (QED) is 0.468. The lowest BCUT2D eigenvalue weighted by Crippen LogP contribution is -1.93. The Balaban J connectivity index is 2.32. The molecule has 0 aliphatic carbocycles. The third-order valence-electron chi connectivity index (χ3n) is 2.42. The Kier molecular flexibility index (Phi) is 3.86. The summed E-state index contributed by atoms with van der Waals surface area (Å²) >= 11 is 0. The summed E-state index contributed by atoms with van der Waals surface area (Å²) in [7, 11) is 0. The first-order chi connectivity index (χ1) is 8.77. The fourth-order valence-corrected chi connectivity index (χ4v) is 1.65. The average molecular weight is 239 g/mol. The van der Waals surface area contributed by atoms with Crippen LogP contribution in [0, 0.1) is 0 Å². The zero-order valence-corrected chi connectivity index (χ0v) is 10.0. The van der Waals surface area contributed by atoms with Crippen molar-refractivity contribution in [1.29, 1.82) is 0 Å². The number of oxime groups is 1. The second-order valence-electron chi connectivity index (χ2n) is 3.77. The highest BCUT2D eigenvalue weighted by Crippen LogP contribution is 2.21. The van der Waals surface area contributed by atoms with Gasteiger partial charge in [0.1, 0.15) is 0 Å². The van der Waals surface area contributed by atoms with Crippen LogP contribution in [0.5, 0.6) is 0 Å². The second kappa shape index (κ2) is 5.77. The van der Waals surface area contributed by atoms with Crippen LogP contribution >= 0.6 is 0 Å². The predicted octanol–water partition coefficient (Wildman–Crippen LogP) is 3.25. The van der Waals surface area contributed by atoms with E-state index < -0.39 is 5.97 Å². The van der Waals surface area contributed by atoms with Gasteiger partial charge in [0.2, 0.25) is 0 Å². The van der Waals surface area contributed by atoms with Crippen molar-refractivity contribution < 1.29 is 9.63 Å². The summed E-state index contributed by atoms with van der Waals surface area (Å²) in [5.74, 6) is -0.427. The van der Waals surface area contributed by atoms with Crippen LogP contribution in [0.1, 0.15) is 12.5 Å². The Labute approximate surface area is 106 Å². The lowest BCUT2D eigenvalue weighted by atomic mass is 10.0. The molecular formula is C15H13NO2. The van der Waals surface area contributed by atoms with E-state index in [2.05, 4.69) is 9.99 Å². The number of benzene rings is 2. The molecule has 0 amide bonds. The molecule has 0 bridgehead atoms. The maximum Gasteiger partial charge on any atom is 0.331 e. The smallest absolute Gasteiger partial charge is 0.319 e. The molecule has 3 nitrogen and oxygen atoms in total. The third-order valence-corrected chi connectivity index (χ3v) is 2.42. The zero-order chi connectivity index (χ0) is 12.8. The van der Waals surface area contributed by atoms with E-state index in [0.717, 1.165) is 16.7 Å². The van der Waals surface area contributed by atoms with E-state index in [9.17, 15) is 4.79 Å². The Morgan fingerprint density at radius 3 is 2.44 bits per heavy atom. The van der Waals surface area contributed by atoms with Gasteiger partial charge in [-0.2, -0.15) is 0 Å². The molecule has 18 heavy (non-hydrogen) atoms.